The highest BCUT2D eigenvalue weighted by Crippen LogP contribution is 2.13. The zero-order valence-corrected chi connectivity index (χ0v) is 5.57. The van der Waals surface area contributed by atoms with Gasteiger partial charge in [-0.25, -0.2) is 10.3 Å². The van der Waals surface area contributed by atoms with E-state index >= 15 is 0 Å². The molecule has 4 nitrogen and oxygen atoms in total. The van der Waals surface area contributed by atoms with E-state index in [0.717, 1.165) is 0 Å². The molecule has 0 bridgehead atoms. The Balaban J connectivity index is 3.12. The number of hydrogen-bond donors (Lipinski definition) is 2. The van der Waals surface area contributed by atoms with Gasteiger partial charge in [0, 0.05) is 0 Å². The summed E-state index contributed by atoms with van der Waals surface area (Å²) in [6.07, 6.45) is 0. The summed E-state index contributed by atoms with van der Waals surface area (Å²) in [5.41, 5.74) is 1.62. The van der Waals surface area contributed by atoms with Crippen LogP contribution in [0, 0.1) is 0 Å². The van der Waals surface area contributed by atoms with Crippen molar-refractivity contribution in [1.29, 1.82) is 0 Å². The molecule has 4 heteroatoms. The van der Waals surface area contributed by atoms with Gasteiger partial charge in [0.15, 0.2) is 0 Å². The molecule has 11 heavy (non-hydrogen) atoms. The van der Waals surface area contributed by atoms with Gasteiger partial charge >= 0.3 is 5.97 Å². The van der Waals surface area contributed by atoms with E-state index in [1.807, 2.05) is 0 Å². The maximum absolute atomic E-state index is 10.4. The quantitative estimate of drug-likeness (QED) is 0.624. The molecule has 1 radical (unpaired) electrons. The van der Waals surface area contributed by atoms with Gasteiger partial charge in [0.1, 0.15) is 0 Å². The second-order valence-electron chi connectivity index (χ2n) is 1.95. The van der Waals surface area contributed by atoms with Gasteiger partial charge < -0.3 is 5.11 Å². The average molecular weight is 152 g/mol. The highest BCUT2D eigenvalue weighted by atomic mass is 16.5. The molecule has 0 aliphatic carbocycles. The van der Waals surface area contributed by atoms with Gasteiger partial charge in [-0.2, -0.15) is 0 Å². The fraction of sp³-hybridized carbons (Fsp3) is 0. The van der Waals surface area contributed by atoms with E-state index in [0.29, 0.717) is 0 Å². The number of rotatable bonds is 2. The van der Waals surface area contributed by atoms with Crippen molar-refractivity contribution in [3.05, 3.63) is 29.8 Å². The molecule has 0 aliphatic heterocycles. The molecule has 57 valence electrons. The molecule has 0 aliphatic rings. The van der Waals surface area contributed by atoms with Crippen molar-refractivity contribution in [2.45, 2.75) is 0 Å². The van der Waals surface area contributed by atoms with Crippen molar-refractivity contribution < 1.29 is 15.1 Å². The number of aromatic carboxylic acids is 1. The summed E-state index contributed by atoms with van der Waals surface area (Å²) in [5.74, 6) is -1.11. The van der Waals surface area contributed by atoms with Gasteiger partial charge in [0.2, 0.25) is 0 Å². The maximum Gasteiger partial charge on any atom is 0.337 e. The van der Waals surface area contributed by atoms with Crippen LogP contribution in [-0.2, 0) is 5.21 Å². The number of para-hydroxylation sites is 1. The van der Waals surface area contributed by atoms with E-state index < -0.39 is 5.97 Å². The molecule has 0 amide bonds. The molecular weight excluding hydrogens is 146 g/mol. The molecule has 0 unspecified atom stereocenters. The molecule has 1 rings (SSSR count). The first-order chi connectivity index (χ1) is 5.25. The number of nitrogens with one attached hydrogen (secondary N) is 1. The molecule has 1 aromatic carbocycles. The lowest BCUT2D eigenvalue weighted by Crippen LogP contribution is -2.01. The van der Waals surface area contributed by atoms with E-state index in [4.69, 9.17) is 5.11 Å². The second kappa shape index (κ2) is 3.03. The van der Waals surface area contributed by atoms with Crippen LogP contribution in [-0.4, -0.2) is 11.1 Å². The van der Waals surface area contributed by atoms with Crippen molar-refractivity contribution in [3.63, 3.8) is 0 Å². The number of carboxylic acids is 1. The first-order valence-electron chi connectivity index (χ1n) is 2.96. The number of benzene rings is 1. The third-order valence-electron chi connectivity index (χ3n) is 1.27. The summed E-state index contributed by atoms with van der Waals surface area (Å²) in [5, 5.41) is 18.7. The smallest absolute Gasteiger partial charge is 0.337 e. The van der Waals surface area contributed by atoms with Gasteiger partial charge in [0.25, 0.3) is 0 Å². The van der Waals surface area contributed by atoms with Crippen molar-refractivity contribution >= 4 is 11.7 Å². The Kier molecular flexibility index (Phi) is 2.08. The summed E-state index contributed by atoms with van der Waals surface area (Å²) in [4.78, 5) is 10.4. The fourth-order valence-corrected chi connectivity index (χ4v) is 0.759. The summed E-state index contributed by atoms with van der Waals surface area (Å²) in [6.45, 7) is 0. The number of carboxylic acid groups (broad SMARTS) is 1. The number of carbonyl (C=O) groups is 1. The van der Waals surface area contributed by atoms with Crippen LogP contribution in [0.5, 0.6) is 0 Å². The minimum absolute atomic E-state index is 0.0116. The van der Waals surface area contributed by atoms with E-state index in [1.165, 1.54) is 12.1 Å². The normalized spacial score (nSPS) is 9.18. The molecule has 0 spiro atoms. The van der Waals surface area contributed by atoms with Gasteiger partial charge in [-0.15, -0.1) is 0 Å². The van der Waals surface area contributed by atoms with E-state index in [9.17, 15) is 10.0 Å². The minimum Gasteiger partial charge on any atom is -0.478 e. The third-order valence-corrected chi connectivity index (χ3v) is 1.27. The Morgan fingerprint density at radius 3 is 2.45 bits per heavy atom. The SMILES string of the molecule is [O]Nc1ccccc1C(=O)O. The Labute approximate surface area is 63.1 Å². The van der Waals surface area contributed by atoms with Gasteiger partial charge in [-0.3, -0.25) is 0 Å². The predicted molar refractivity (Wildman–Crippen MR) is 37.7 cm³/mol. The van der Waals surface area contributed by atoms with Crippen molar-refractivity contribution in [1.82, 2.24) is 0 Å². The molecule has 0 atom stereocenters. The molecule has 0 fully saturated rings. The van der Waals surface area contributed by atoms with Crippen LogP contribution < -0.4 is 5.48 Å². The van der Waals surface area contributed by atoms with Crippen molar-refractivity contribution in [2.75, 3.05) is 5.48 Å². The number of hydrogen-bond acceptors (Lipinski definition) is 2. The lowest BCUT2D eigenvalue weighted by molar-refractivity contribution is 0.0696. The second-order valence-corrected chi connectivity index (χ2v) is 1.95. The molecule has 0 aromatic heterocycles. The van der Waals surface area contributed by atoms with Crippen LogP contribution in [0.15, 0.2) is 24.3 Å². The van der Waals surface area contributed by atoms with Crippen molar-refractivity contribution in [3.8, 4) is 0 Å². The maximum atomic E-state index is 10.4. The van der Waals surface area contributed by atoms with E-state index in [-0.39, 0.29) is 11.3 Å². The third kappa shape index (κ3) is 1.47. The van der Waals surface area contributed by atoms with Gasteiger partial charge in [-0.1, -0.05) is 17.3 Å². The topological polar surface area (TPSA) is 69.2 Å². The molecule has 0 heterocycles. The standard InChI is InChI=1S/C7H6NO3/c9-7(10)5-3-1-2-4-6(5)8-11/h1-4,8H,(H,9,10). The first-order valence-corrected chi connectivity index (χ1v) is 2.96. The Bertz CT molecular complexity index is 272. The Morgan fingerprint density at radius 2 is 2.00 bits per heavy atom. The van der Waals surface area contributed by atoms with E-state index in [2.05, 4.69) is 0 Å². The van der Waals surface area contributed by atoms with Crippen LogP contribution in [0.4, 0.5) is 5.69 Å². The minimum atomic E-state index is -1.11. The first kappa shape index (κ1) is 7.56. The number of anilines is 1. The van der Waals surface area contributed by atoms with Crippen LogP contribution in [0.25, 0.3) is 0 Å². The van der Waals surface area contributed by atoms with Crippen LogP contribution >= 0.6 is 0 Å². The molecule has 2 N–H and O–H groups in total. The van der Waals surface area contributed by atoms with E-state index in [1.54, 1.807) is 17.6 Å². The predicted octanol–water partition coefficient (Wildman–Crippen LogP) is 1.14. The van der Waals surface area contributed by atoms with Crippen LogP contribution in [0.2, 0.25) is 0 Å². The summed E-state index contributed by atoms with van der Waals surface area (Å²) >= 11 is 0. The summed E-state index contributed by atoms with van der Waals surface area (Å²) < 4.78 is 0. The lowest BCUT2D eigenvalue weighted by Gasteiger charge is -1.99. The zero-order valence-electron chi connectivity index (χ0n) is 5.57. The van der Waals surface area contributed by atoms with Gasteiger partial charge in [0.05, 0.1) is 11.3 Å². The van der Waals surface area contributed by atoms with Gasteiger partial charge in [-0.05, 0) is 12.1 Å². The Morgan fingerprint density at radius 1 is 1.36 bits per heavy atom. The molecule has 1 aromatic rings. The highest BCUT2D eigenvalue weighted by Gasteiger charge is 2.07. The highest BCUT2D eigenvalue weighted by molar-refractivity contribution is 5.93. The molecule has 0 saturated carbocycles. The summed E-state index contributed by atoms with van der Waals surface area (Å²) in [7, 11) is 0. The molecule has 0 saturated heterocycles. The largest absolute Gasteiger partial charge is 0.478 e. The Hall–Kier alpha value is -1.55. The van der Waals surface area contributed by atoms with Crippen LogP contribution in [0.1, 0.15) is 10.4 Å². The average Bonchev–Trinajstić information content (AvgIpc) is 2.04. The van der Waals surface area contributed by atoms with Crippen LogP contribution in [0.3, 0.4) is 0 Å². The lowest BCUT2D eigenvalue weighted by atomic mass is 10.2. The summed E-state index contributed by atoms with van der Waals surface area (Å²) in [6, 6.07) is 5.93. The van der Waals surface area contributed by atoms with Crippen molar-refractivity contribution in [2.24, 2.45) is 0 Å². The zero-order chi connectivity index (χ0) is 8.27. The monoisotopic (exact) mass is 152 g/mol. The molecular formula is C7H6NO3. The fourth-order valence-electron chi connectivity index (χ4n) is 0.759.